The van der Waals surface area contributed by atoms with E-state index in [1.165, 1.54) is 46.5 Å². The zero-order valence-corrected chi connectivity index (χ0v) is 31.9. The maximum Gasteiger partial charge on any atom is 0.123 e. The first-order valence-electron chi connectivity index (χ1n) is 19.9. The van der Waals surface area contributed by atoms with Gasteiger partial charge in [-0.1, -0.05) is 140 Å². The van der Waals surface area contributed by atoms with Crippen molar-refractivity contribution in [1.82, 2.24) is 0 Å². The zero-order chi connectivity index (χ0) is 39.5. The van der Waals surface area contributed by atoms with Crippen LogP contribution in [0.4, 0.5) is 42.9 Å². The quantitative estimate of drug-likeness (QED) is 0.172. The standard InChI is InChI=1S/C55H36F2N2/c56-43-27-18-38(19-28-43)40-22-31-45(32-23-40)58-51-15-7-4-12-47(51)55(48-13-5-8-16-52(48)58)49-14-6-9-17-53(49)59(46-33-24-41(25-34-46)39-20-29-44(57)30-21-39)54-35-26-42(36-50(54)55)37-10-2-1-3-11-37/h1-36H. The zero-order valence-electron chi connectivity index (χ0n) is 31.9. The molecule has 0 bridgehead atoms. The van der Waals surface area contributed by atoms with Crippen molar-refractivity contribution >= 4 is 34.1 Å². The van der Waals surface area contributed by atoms with Crippen LogP contribution < -0.4 is 9.80 Å². The molecule has 2 aliphatic heterocycles. The Balaban J connectivity index is 1.15. The molecule has 59 heavy (non-hydrogen) atoms. The van der Waals surface area contributed by atoms with Crippen molar-refractivity contribution in [3.63, 3.8) is 0 Å². The van der Waals surface area contributed by atoms with Crippen LogP contribution >= 0.6 is 0 Å². The van der Waals surface area contributed by atoms with Crippen LogP contribution in [0, 0.1) is 11.6 Å². The summed E-state index contributed by atoms with van der Waals surface area (Å²) in [5, 5.41) is 0. The highest BCUT2D eigenvalue weighted by Gasteiger charge is 2.51. The third kappa shape index (κ3) is 5.52. The molecule has 0 saturated carbocycles. The Morgan fingerprint density at radius 1 is 0.271 bits per heavy atom. The normalized spacial score (nSPS) is 13.3. The summed E-state index contributed by atoms with van der Waals surface area (Å²) in [6, 6.07) is 74.5. The predicted octanol–water partition coefficient (Wildman–Crippen LogP) is 14.9. The molecule has 4 heteroatoms. The fourth-order valence-electron chi connectivity index (χ4n) is 9.38. The maximum absolute atomic E-state index is 13.8. The predicted molar refractivity (Wildman–Crippen MR) is 237 cm³/mol. The molecule has 2 nitrogen and oxygen atoms in total. The summed E-state index contributed by atoms with van der Waals surface area (Å²) in [6.45, 7) is 0. The van der Waals surface area contributed by atoms with E-state index in [0.717, 1.165) is 67.5 Å². The van der Waals surface area contributed by atoms with E-state index in [1.807, 2.05) is 24.3 Å². The van der Waals surface area contributed by atoms with Crippen LogP contribution in [0.5, 0.6) is 0 Å². The number of fused-ring (bicyclic) bond motifs is 8. The van der Waals surface area contributed by atoms with Gasteiger partial charge in [0.2, 0.25) is 0 Å². The van der Waals surface area contributed by atoms with E-state index in [2.05, 4.69) is 180 Å². The number of nitrogens with zero attached hydrogens (tertiary/aromatic N) is 2. The Labute approximate surface area is 342 Å². The molecule has 11 rings (SSSR count). The number of hydrogen-bond acceptors (Lipinski definition) is 2. The number of rotatable bonds is 5. The molecule has 2 aliphatic rings. The summed E-state index contributed by atoms with van der Waals surface area (Å²) in [6.07, 6.45) is 0. The molecule has 0 saturated heterocycles. The lowest BCUT2D eigenvalue weighted by Gasteiger charge is -2.51. The summed E-state index contributed by atoms with van der Waals surface area (Å²) in [4.78, 5) is 4.78. The van der Waals surface area contributed by atoms with Crippen LogP contribution in [0.1, 0.15) is 22.3 Å². The third-order valence-corrected chi connectivity index (χ3v) is 12.0. The molecule has 0 amide bonds. The Bertz CT molecular complexity index is 2890. The number of benzene rings is 9. The molecule has 0 unspecified atom stereocenters. The molecule has 0 radical (unpaired) electrons. The molecule has 0 N–H and O–H groups in total. The van der Waals surface area contributed by atoms with Crippen LogP contribution in [-0.4, -0.2) is 0 Å². The van der Waals surface area contributed by atoms with Crippen molar-refractivity contribution in [1.29, 1.82) is 0 Å². The SMILES string of the molecule is Fc1ccc(-c2ccc(N3c4ccccc4C4(c5ccccc53)c3ccccc3N(c3ccc(-c5ccc(F)cc5)cc3)c3ccc(-c5ccccc5)cc34)cc2)cc1. The molecule has 9 aromatic rings. The van der Waals surface area contributed by atoms with Crippen LogP contribution in [0.25, 0.3) is 33.4 Å². The van der Waals surface area contributed by atoms with E-state index in [1.54, 1.807) is 0 Å². The van der Waals surface area contributed by atoms with Gasteiger partial charge in [-0.2, -0.15) is 0 Å². The highest BCUT2D eigenvalue weighted by molar-refractivity contribution is 5.97. The first-order chi connectivity index (χ1) is 29.1. The summed E-state index contributed by atoms with van der Waals surface area (Å²) < 4.78 is 27.6. The highest BCUT2D eigenvalue weighted by Crippen LogP contribution is 2.64. The summed E-state index contributed by atoms with van der Waals surface area (Å²) in [5.41, 5.74) is 16.8. The molecular formula is C55H36F2N2. The van der Waals surface area contributed by atoms with Gasteiger partial charge < -0.3 is 9.80 Å². The monoisotopic (exact) mass is 762 g/mol. The molecule has 0 aliphatic carbocycles. The van der Waals surface area contributed by atoms with Gasteiger partial charge in [-0.3, -0.25) is 0 Å². The van der Waals surface area contributed by atoms with E-state index < -0.39 is 5.41 Å². The van der Waals surface area contributed by atoms with Crippen LogP contribution in [0.15, 0.2) is 218 Å². The van der Waals surface area contributed by atoms with Crippen molar-refractivity contribution in [3.8, 4) is 33.4 Å². The smallest absolute Gasteiger partial charge is 0.123 e. The van der Waals surface area contributed by atoms with Crippen molar-refractivity contribution in [2.45, 2.75) is 5.41 Å². The minimum absolute atomic E-state index is 0.245. The topological polar surface area (TPSA) is 6.48 Å². The molecule has 1 spiro atoms. The number of para-hydroxylation sites is 3. The van der Waals surface area contributed by atoms with Gasteiger partial charge in [0.25, 0.3) is 0 Å². The molecule has 280 valence electrons. The Morgan fingerprint density at radius 3 is 1.02 bits per heavy atom. The molecule has 9 aromatic carbocycles. The first kappa shape index (κ1) is 34.7. The number of hydrogen-bond donors (Lipinski definition) is 0. The largest absolute Gasteiger partial charge is 0.310 e. The van der Waals surface area contributed by atoms with Gasteiger partial charge in [-0.15, -0.1) is 0 Å². The van der Waals surface area contributed by atoms with E-state index in [-0.39, 0.29) is 11.6 Å². The van der Waals surface area contributed by atoms with Gasteiger partial charge in [0, 0.05) is 11.4 Å². The van der Waals surface area contributed by atoms with Gasteiger partial charge in [-0.05, 0) is 134 Å². The van der Waals surface area contributed by atoms with Gasteiger partial charge in [0.05, 0.1) is 28.2 Å². The lowest BCUT2D eigenvalue weighted by molar-refractivity contribution is 0.627. The Kier molecular flexibility index (Phi) is 8.12. The maximum atomic E-state index is 13.8. The summed E-state index contributed by atoms with van der Waals surface area (Å²) in [5.74, 6) is -0.491. The van der Waals surface area contributed by atoms with Crippen molar-refractivity contribution in [3.05, 3.63) is 252 Å². The van der Waals surface area contributed by atoms with Crippen LogP contribution in [-0.2, 0) is 5.41 Å². The van der Waals surface area contributed by atoms with Crippen molar-refractivity contribution in [2.24, 2.45) is 0 Å². The molecule has 0 atom stereocenters. The fraction of sp³-hybridized carbons (Fsp3) is 0.0182. The second-order valence-corrected chi connectivity index (χ2v) is 15.2. The molecular weight excluding hydrogens is 727 g/mol. The molecule has 0 fully saturated rings. The Hall–Kier alpha value is -7.56. The minimum Gasteiger partial charge on any atom is -0.310 e. The second kappa shape index (κ2) is 13.8. The lowest BCUT2D eigenvalue weighted by Crippen LogP contribution is -2.42. The third-order valence-electron chi connectivity index (χ3n) is 12.0. The Morgan fingerprint density at radius 2 is 0.593 bits per heavy atom. The number of halogens is 2. The average Bonchev–Trinajstić information content (AvgIpc) is 3.30. The fourth-order valence-corrected chi connectivity index (χ4v) is 9.38. The van der Waals surface area contributed by atoms with Crippen LogP contribution in [0.3, 0.4) is 0 Å². The van der Waals surface area contributed by atoms with E-state index in [4.69, 9.17) is 0 Å². The van der Waals surface area contributed by atoms with Crippen LogP contribution in [0.2, 0.25) is 0 Å². The van der Waals surface area contributed by atoms with Crippen molar-refractivity contribution < 1.29 is 8.78 Å². The minimum atomic E-state index is -0.695. The van der Waals surface area contributed by atoms with E-state index in [0.29, 0.717) is 0 Å². The summed E-state index contributed by atoms with van der Waals surface area (Å²) >= 11 is 0. The molecule has 2 heterocycles. The molecule has 0 aromatic heterocycles. The van der Waals surface area contributed by atoms with E-state index in [9.17, 15) is 8.78 Å². The van der Waals surface area contributed by atoms with Gasteiger partial charge in [0.1, 0.15) is 11.6 Å². The summed E-state index contributed by atoms with van der Waals surface area (Å²) in [7, 11) is 0. The van der Waals surface area contributed by atoms with Crippen molar-refractivity contribution in [2.75, 3.05) is 9.80 Å². The lowest BCUT2D eigenvalue weighted by atomic mass is 9.60. The number of anilines is 6. The van der Waals surface area contributed by atoms with Gasteiger partial charge in [0.15, 0.2) is 0 Å². The highest BCUT2D eigenvalue weighted by atomic mass is 19.1. The van der Waals surface area contributed by atoms with Gasteiger partial charge >= 0.3 is 0 Å². The average molecular weight is 763 g/mol. The second-order valence-electron chi connectivity index (χ2n) is 15.2. The van der Waals surface area contributed by atoms with E-state index >= 15 is 0 Å². The van der Waals surface area contributed by atoms with Gasteiger partial charge in [-0.25, -0.2) is 8.78 Å². The first-order valence-corrected chi connectivity index (χ1v) is 19.9.